The summed E-state index contributed by atoms with van der Waals surface area (Å²) >= 11 is 11.6. The van der Waals surface area contributed by atoms with Crippen molar-refractivity contribution in [1.29, 1.82) is 0 Å². The number of ether oxygens (including phenoxy) is 1. The first-order chi connectivity index (χ1) is 6.68. The molecule has 1 aromatic heterocycles. The van der Waals surface area contributed by atoms with Gasteiger partial charge in [-0.2, -0.15) is 0 Å². The molecule has 78 valence electrons. The minimum absolute atomic E-state index is 0.00525. The van der Waals surface area contributed by atoms with Crippen LogP contribution in [0.2, 0.25) is 0 Å². The van der Waals surface area contributed by atoms with E-state index in [9.17, 15) is 0 Å². The summed E-state index contributed by atoms with van der Waals surface area (Å²) in [7, 11) is 0. The molecule has 0 aliphatic carbocycles. The van der Waals surface area contributed by atoms with E-state index in [0.717, 1.165) is 17.3 Å². The molecule has 0 amide bonds. The standard InChI is InChI=1S/C10H12BrClOS/c1-6-2-3-8(13-6)9(12)10-7(11)4-5-14-10/h4-6,8-9H,2-3H2,1H3. The molecule has 1 saturated heterocycles. The molecule has 1 aromatic rings. The predicted molar refractivity (Wildman–Crippen MR) is 64.2 cm³/mol. The third-order valence-electron chi connectivity index (χ3n) is 2.49. The van der Waals surface area contributed by atoms with Gasteiger partial charge in [0.1, 0.15) is 0 Å². The molecule has 1 aliphatic rings. The van der Waals surface area contributed by atoms with E-state index in [0.29, 0.717) is 6.10 Å². The second kappa shape index (κ2) is 4.52. The van der Waals surface area contributed by atoms with Crippen LogP contribution in [0.1, 0.15) is 30.0 Å². The minimum atomic E-state index is -0.00525. The summed E-state index contributed by atoms with van der Waals surface area (Å²) in [5.41, 5.74) is 0. The van der Waals surface area contributed by atoms with Crippen molar-refractivity contribution in [2.24, 2.45) is 0 Å². The summed E-state index contributed by atoms with van der Waals surface area (Å²) < 4.78 is 6.86. The van der Waals surface area contributed by atoms with Gasteiger partial charge in [0.25, 0.3) is 0 Å². The summed E-state index contributed by atoms with van der Waals surface area (Å²) in [5, 5.41) is 2.04. The largest absolute Gasteiger partial charge is 0.373 e. The molecule has 4 heteroatoms. The third-order valence-corrected chi connectivity index (χ3v) is 5.07. The maximum Gasteiger partial charge on any atom is 0.0951 e. The Bertz CT molecular complexity index is 315. The maximum atomic E-state index is 6.38. The number of thiophene rings is 1. The quantitative estimate of drug-likeness (QED) is 0.737. The van der Waals surface area contributed by atoms with E-state index in [1.165, 1.54) is 4.88 Å². The normalized spacial score (nSPS) is 29.4. The first-order valence-electron chi connectivity index (χ1n) is 4.71. The average Bonchev–Trinajstić information content (AvgIpc) is 2.73. The SMILES string of the molecule is CC1CCC(C(Cl)c2sccc2Br)O1. The molecule has 0 saturated carbocycles. The first-order valence-corrected chi connectivity index (χ1v) is 6.82. The van der Waals surface area contributed by atoms with E-state index in [4.69, 9.17) is 16.3 Å². The topological polar surface area (TPSA) is 9.23 Å². The lowest BCUT2D eigenvalue weighted by atomic mass is 10.1. The predicted octanol–water partition coefficient (Wildman–Crippen LogP) is 4.36. The Balaban J connectivity index is 2.09. The van der Waals surface area contributed by atoms with Gasteiger partial charge >= 0.3 is 0 Å². The Kier molecular flexibility index (Phi) is 3.53. The Morgan fingerprint density at radius 3 is 2.93 bits per heavy atom. The second-order valence-electron chi connectivity index (χ2n) is 3.60. The van der Waals surface area contributed by atoms with E-state index in [1.54, 1.807) is 11.3 Å². The number of hydrogen-bond acceptors (Lipinski definition) is 2. The molecular weight excluding hydrogens is 284 g/mol. The zero-order chi connectivity index (χ0) is 10.1. The van der Waals surface area contributed by atoms with Gasteiger partial charge in [-0.05, 0) is 47.1 Å². The van der Waals surface area contributed by atoms with Crippen molar-refractivity contribution in [3.63, 3.8) is 0 Å². The van der Waals surface area contributed by atoms with Gasteiger partial charge in [-0.1, -0.05) is 0 Å². The summed E-state index contributed by atoms with van der Waals surface area (Å²) in [6.07, 6.45) is 2.73. The van der Waals surface area contributed by atoms with Crippen molar-refractivity contribution in [1.82, 2.24) is 0 Å². The Hall–Kier alpha value is 0.430. The van der Waals surface area contributed by atoms with Crippen LogP contribution in [0.5, 0.6) is 0 Å². The van der Waals surface area contributed by atoms with Crippen LogP contribution >= 0.6 is 38.9 Å². The zero-order valence-corrected chi connectivity index (χ0v) is 11.0. The highest BCUT2D eigenvalue weighted by Crippen LogP contribution is 2.40. The van der Waals surface area contributed by atoms with Crippen LogP contribution in [0, 0.1) is 0 Å². The minimum Gasteiger partial charge on any atom is -0.373 e. The molecule has 3 atom stereocenters. The maximum absolute atomic E-state index is 6.38. The van der Waals surface area contributed by atoms with Gasteiger partial charge in [-0.25, -0.2) is 0 Å². The molecule has 0 radical (unpaired) electrons. The molecule has 0 bridgehead atoms. The van der Waals surface area contributed by atoms with Crippen molar-refractivity contribution in [2.45, 2.75) is 37.4 Å². The molecule has 0 aromatic carbocycles. The Morgan fingerprint density at radius 1 is 1.64 bits per heavy atom. The van der Waals surface area contributed by atoms with Crippen molar-refractivity contribution in [3.05, 3.63) is 20.8 Å². The van der Waals surface area contributed by atoms with Gasteiger partial charge in [0, 0.05) is 9.35 Å². The van der Waals surface area contributed by atoms with Gasteiger partial charge in [-0.15, -0.1) is 22.9 Å². The molecule has 1 nitrogen and oxygen atoms in total. The second-order valence-corrected chi connectivity index (χ2v) is 5.87. The van der Waals surface area contributed by atoms with Crippen LogP contribution < -0.4 is 0 Å². The van der Waals surface area contributed by atoms with Crippen molar-refractivity contribution in [2.75, 3.05) is 0 Å². The van der Waals surface area contributed by atoms with Gasteiger partial charge in [-0.3, -0.25) is 0 Å². The monoisotopic (exact) mass is 294 g/mol. The lowest BCUT2D eigenvalue weighted by Crippen LogP contribution is -2.14. The van der Waals surface area contributed by atoms with Gasteiger partial charge in [0.05, 0.1) is 17.6 Å². The van der Waals surface area contributed by atoms with Crippen LogP contribution in [-0.4, -0.2) is 12.2 Å². The molecule has 2 heterocycles. The van der Waals surface area contributed by atoms with Crippen LogP contribution in [0.15, 0.2) is 15.9 Å². The van der Waals surface area contributed by atoms with E-state index in [2.05, 4.69) is 22.9 Å². The third kappa shape index (κ3) is 2.16. The number of halogens is 2. The number of rotatable bonds is 2. The lowest BCUT2D eigenvalue weighted by molar-refractivity contribution is 0.0537. The van der Waals surface area contributed by atoms with Gasteiger partial charge in [0.15, 0.2) is 0 Å². The fourth-order valence-electron chi connectivity index (χ4n) is 1.72. The number of hydrogen-bond donors (Lipinski definition) is 0. The van der Waals surface area contributed by atoms with E-state index in [1.807, 2.05) is 11.4 Å². The molecule has 2 rings (SSSR count). The first kappa shape index (κ1) is 10.9. The van der Waals surface area contributed by atoms with E-state index in [-0.39, 0.29) is 11.5 Å². The molecule has 14 heavy (non-hydrogen) atoms. The van der Waals surface area contributed by atoms with Crippen LogP contribution in [0.25, 0.3) is 0 Å². The fourth-order valence-corrected chi connectivity index (χ4v) is 3.96. The Morgan fingerprint density at radius 2 is 2.43 bits per heavy atom. The van der Waals surface area contributed by atoms with Crippen molar-refractivity contribution < 1.29 is 4.74 Å². The molecule has 0 spiro atoms. The summed E-state index contributed by atoms with van der Waals surface area (Å²) in [6.45, 7) is 2.10. The number of alkyl halides is 1. The molecular formula is C10H12BrClOS. The molecule has 3 unspecified atom stereocenters. The molecule has 1 aliphatic heterocycles. The van der Waals surface area contributed by atoms with E-state index < -0.39 is 0 Å². The van der Waals surface area contributed by atoms with Crippen LogP contribution in [0.4, 0.5) is 0 Å². The van der Waals surface area contributed by atoms with Gasteiger partial charge < -0.3 is 4.74 Å². The summed E-state index contributed by atoms with van der Waals surface area (Å²) in [5.74, 6) is 0. The van der Waals surface area contributed by atoms with Crippen LogP contribution in [-0.2, 0) is 4.74 Å². The highest BCUT2D eigenvalue weighted by molar-refractivity contribution is 9.10. The molecule has 1 fully saturated rings. The average molecular weight is 296 g/mol. The summed E-state index contributed by atoms with van der Waals surface area (Å²) in [4.78, 5) is 1.19. The highest BCUT2D eigenvalue weighted by Gasteiger charge is 2.30. The van der Waals surface area contributed by atoms with Crippen LogP contribution in [0.3, 0.4) is 0 Å². The van der Waals surface area contributed by atoms with Crippen molar-refractivity contribution >= 4 is 38.9 Å². The fraction of sp³-hybridized carbons (Fsp3) is 0.600. The molecule has 0 N–H and O–H groups in total. The summed E-state index contributed by atoms with van der Waals surface area (Å²) in [6, 6.07) is 2.04. The van der Waals surface area contributed by atoms with Gasteiger partial charge in [0.2, 0.25) is 0 Å². The lowest BCUT2D eigenvalue weighted by Gasteiger charge is -2.16. The smallest absolute Gasteiger partial charge is 0.0951 e. The zero-order valence-electron chi connectivity index (χ0n) is 7.87. The highest BCUT2D eigenvalue weighted by atomic mass is 79.9. The Labute approximate surface area is 102 Å². The van der Waals surface area contributed by atoms with E-state index >= 15 is 0 Å². The van der Waals surface area contributed by atoms with Crippen molar-refractivity contribution in [3.8, 4) is 0 Å².